The van der Waals surface area contributed by atoms with Gasteiger partial charge in [0.1, 0.15) is 0 Å². The van der Waals surface area contributed by atoms with Crippen LogP contribution in [0.15, 0.2) is 0 Å². The Balaban J connectivity index is 3.87. The van der Waals surface area contributed by atoms with Gasteiger partial charge in [-0.1, -0.05) is 20.8 Å². The van der Waals surface area contributed by atoms with Gasteiger partial charge < -0.3 is 15.3 Å². The average molecular weight is 219 g/mol. The lowest BCUT2D eigenvalue weighted by atomic mass is 9.87. The normalized spacial score (nSPS) is 14.6. The molecule has 0 aliphatic rings. The molecule has 0 aromatic carbocycles. The van der Waals surface area contributed by atoms with Crippen molar-refractivity contribution in [2.75, 3.05) is 32.8 Å². The van der Waals surface area contributed by atoms with Crippen LogP contribution >= 0.6 is 0 Å². The van der Waals surface area contributed by atoms with Crippen LogP contribution in [0.2, 0.25) is 0 Å². The number of nitrogens with zero attached hydrogens (tertiary/aromatic N) is 1. The highest BCUT2D eigenvalue weighted by Gasteiger charge is 2.22. The summed E-state index contributed by atoms with van der Waals surface area (Å²) in [4.78, 5) is 1.95. The van der Waals surface area contributed by atoms with Gasteiger partial charge in [-0.15, -0.1) is 0 Å². The number of rotatable bonds is 7. The first-order valence-corrected chi connectivity index (χ1v) is 5.54. The van der Waals surface area contributed by atoms with Gasteiger partial charge in [-0.2, -0.15) is 0 Å². The molecule has 0 saturated carbocycles. The SMILES string of the molecule is CC(C)(C)C(O)CCN(CCO)CCO. The van der Waals surface area contributed by atoms with Crippen LogP contribution in [0.4, 0.5) is 0 Å². The minimum Gasteiger partial charge on any atom is -0.395 e. The molecule has 15 heavy (non-hydrogen) atoms. The smallest absolute Gasteiger partial charge is 0.0600 e. The molecule has 92 valence electrons. The van der Waals surface area contributed by atoms with Gasteiger partial charge in [-0.05, 0) is 11.8 Å². The maximum Gasteiger partial charge on any atom is 0.0600 e. The third-order valence-electron chi connectivity index (χ3n) is 2.55. The molecule has 0 radical (unpaired) electrons. The monoisotopic (exact) mass is 219 g/mol. The van der Waals surface area contributed by atoms with Crippen molar-refractivity contribution in [3.8, 4) is 0 Å². The second kappa shape index (κ2) is 7.17. The molecule has 0 heterocycles. The van der Waals surface area contributed by atoms with Crippen molar-refractivity contribution >= 4 is 0 Å². The average Bonchev–Trinajstić information content (AvgIpc) is 2.12. The topological polar surface area (TPSA) is 63.9 Å². The van der Waals surface area contributed by atoms with Crippen LogP contribution in [0.1, 0.15) is 27.2 Å². The molecule has 1 atom stereocenters. The summed E-state index contributed by atoms with van der Waals surface area (Å²) < 4.78 is 0. The van der Waals surface area contributed by atoms with E-state index in [4.69, 9.17) is 10.2 Å². The van der Waals surface area contributed by atoms with E-state index in [-0.39, 0.29) is 24.7 Å². The first-order chi connectivity index (χ1) is 6.91. The maximum atomic E-state index is 9.82. The fourth-order valence-corrected chi connectivity index (χ4v) is 1.36. The molecule has 0 aliphatic heterocycles. The van der Waals surface area contributed by atoms with Crippen LogP contribution in [-0.2, 0) is 0 Å². The van der Waals surface area contributed by atoms with Crippen LogP contribution in [-0.4, -0.2) is 59.2 Å². The zero-order valence-electron chi connectivity index (χ0n) is 10.1. The molecule has 0 aromatic rings. The summed E-state index contributed by atoms with van der Waals surface area (Å²) in [6, 6.07) is 0. The second-order valence-electron chi connectivity index (χ2n) is 4.96. The summed E-state index contributed by atoms with van der Waals surface area (Å²) in [6.45, 7) is 7.99. The fourth-order valence-electron chi connectivity index (χ4n) is 1.36. The highest BCUT2D eigenvalue weighted by Crippen LogP contribution is 2.21. The molecule has 0 fully saturated rings. The van der Waals surface area contributed by atoms with E-state index >= 15 is 0 Å². The van der Waals surface area contributed by atoms with E-state index in [1.807, 2.05) is 25.7 Å². The lowest BCUT2D eigenvalue weighted by Crippen LogP contribution is -2.35. The molecular weight excluding hydrogens is 194 g/mol. The van der Waals surface area contributed by atoms with Gasteiger partial charge in [0.05, 0.1) is 19.3 Å². The lowest BCUT2D eigenvalue weighted by Gasteiger charge is -2.28. The van der Waals surface area contributed by atoms with Gasteiger partial charge in [0.25, 0.3) is 0 Å². The summed E-state index contributed by atoms with van der Waals surface area (Å²) in [5.41, 5.74) is -0.107. The minimum absolute atomic E-state index is 0.0889. The van der Waals surface area contributed by atoms with E-state index in [0.717, 1.165) is 0 Å². The Morgan fingerprint density at radius 1 is 1.00 bits per heavy atom. The number of aliphatic hydroxyl groups is 3. The van der Waals surface area contributed by atoms with E-state index in [0.29, 0.717) is 26.1 Å². The predicted octanol–water partition coefficient (Wildman–Crippen LogP) is 0.0701. The highest BCUT2D eigenvalue weighted by molar-refractivity contribution is 4.74. The third-order valence-corrected chi connectivity index (χ3v) is 2.55. The Bertz CT molecular complexity index is 150. The van der Waals surface area contributed by atoms with Gasteiger partial charge in [-0.25, -0.2) is 0 Å². The molecule has 0 spiro atoms. The van der Waals surface area contributed by atoms with Crippen molar-refractivity contribution < 1.29 is 15.3 Å². The van der Waals surface area contributed by atoms with Crippen molar-refractivity contribution in [2.45, 2.75) is 33.3 Å². The highest BCUT2D eigenvalue weighted by atomic mass is 16.3. The molecule has 0 aromatic heterocycles. The van der Waals surface area contributed by atoms with E-state index in [1.165, 1.54) is 0 Å². The molecule has 0 saturated heterocycles. The van der Waals surface area contributed by atoms with E-state index in [9.17, 15) is 5.11 Å². The van der Waals surface area contributed by atoms with Gasteiger partial charge in [0, 0.05) is 19.6 Å². The fraction of sp³-hybridized carbons (Fsp3) is 1.00. The molecule has 0 amide bonds. The van der Waals surface area contributed by atoms with E-state index in [2.05, 4.69) is 0 Å². The van der Waals surface area contributed by atoms with Crippen LogP contribution < -0.4 is 0 Å². The van der Waals surface area contributed by atoms with Gasteiger partial charge >= 0.3 is 0 Å². The van der Waals surface area contributed by atoms with Crippen molar-refractivity contribution in [1.82, 2.24) is 4.90 Å². The third kappa shape index (κ3) is 6.84. The van der Waals surface area contributed by atoms with E-state index < -0.39 is 0 Å². The van der Waals surface area contributed by atoms with Crippen LogP contribution in [0.3, 0.4) is 0 Å². The lowest BCUT2D eigenvalue weighted by molar-refractivity contribution is 0.0417. The summed E-state index contributed by atoms with van der Waals surface area (Å²) in [6.07, 6.45) is 0.320. The first kappa shape index (κ1) is 14.8. The quantitative estimate of drug-likeness (QED) is 0.567. The summed E-state index contributed by atoms with van der Waals surface area (Å²) in [5, 5.41) is 27.4. The second-order valence-corrected chi connectivity index (χ2v) is 4.96. The van der Waals surface area contributed by atoms with Crippen LogP contribution in [0.5, 0.6) is 0 Å². The summed E-state index contributed by atoms with van der Waals surface area (Å²) in [7, 11) is 0. The maximum absolute atomic E-state index is 9.82. The number of hydrogen-bond donors (Lipinski definition) is 3. The largest absolute Gasteiger partial charge is 0.395 e. The van der Waals surface area contributed by atoms with Crippen molar-refractivity contribution in [1.29, 1.82) is 0 Å². The molecule has 1 unspecified atom stereocenters. The summed E-state index contributed by atoms with van der Waals surface area (Å²) >= 11 is 0. The van der Waals surface area contributed by atoms with Gasteiger partial charge in [0.15, 0.2) is 0 Å². The predicted molar refractivity (Wildman–Crippen MR) is 60.7 cm³/mol. The molecule has 3 N–H and O–H groups in total. The first-order valence-electron chi connectivity index (χ1n) is 5.54. The van der Waals surface area contributed by atoms with Crippen molar-refractivity contribution in [2.24, 2.45) is 5.41 Å². The van der Waals surface area contributed by atoms with Crippen molar-refractivity contribution in [3.63, 3.8) is 0 Å². The van der Waals surface area contributed by atoms with E-state index in [1.54, 1.807) is 0 Å². The molecule has 0 aliphatic carbocycles. The molecule has 4 nitrogen and oxygen atoms in total. The minimum atomic E-state index is -0.350. The molecule has 0 bridgehead atoms. The zero-order chi connectivity index (χ0) is 11.9. The number of aliphatic hydroxyl groups excluding tert-OH is 3. The standard InChI is InChI=1S/C11H25NO3/c1-11(2,3)10(15)4-5-12(6-8-13)7-9-14/h10,13-15H,4-9H2,1-3H3. The Kier molecular flexibility index (Phi) is 7.09. The number of hydrogen-bond acceptors (Lipinski definition) is 4. The molecular formula is C11H25NO3. The Hall–Kier alpha value is -0.160. The Labute approximate surface area is 92.5 Å². The van der Waals surface area contributed by atoms with Crippen molar-refractivity contribution in [3.05, 3.63) is 0 Å². The Morgan fingerprint density at radius 2 is 1.47 bits per heavy atom. The molecule has 4 heteroatoms. The van der Waals surface area contributed by atoms with Crippen LogP contribution in [0, 0.1) is 5.41 Å². The summed E-state index contributed by atoms with van der Waals surface area (Å²) in [5.74, 6) is 0. The molecule has 0 rings (SSSR count). The zero-order valence-corrected chi connectivity index (χ0v) is 10.1. The van der Waals surface area contributed by atoms with Gasteiger partial charge in [-0.3, -0.25) is 4.90 Å². The Morgan fingerprint density at radius 3 is 1.80 bits per heavy atom. The van der Waals surface area contributed by atoms with Crippen LogP contribution in [0.25, 0.3) is 0 Å². The van der Waals surface area contributed by atoms with Gasteiger partial charge in [0.2, 0.25) is 0 Å².